The van der Waals surface area contributed by atoms with Crippen LogP contribution in [0.25, 0.3) is 0 Å². The summed E-state index contributed by atoms with van der Waals surface area (Å²) in [5, 5.41) is 13.9. The highest BCUT2D eigenvalue weighted by atomic mass is 35.5. The topological polar surface area (TPSA) is 62.1 Å². The fraction of sp³-hybridized carbons (Fsp3) is 0.0667. The molecule has 1 N–H and O–H groups in total. The van der Waals surface area contributed by atoms with Gasteiger partial charge in [-0.15, -0.1) is 0 Å². The van der Waals surface area contributed by atoms with Crippen LogP contribution in [-0.2, 0) is 4.79 Å². The van der Waals surface area contributed by atoms with Crippen LogP contribution in [0.5, 0.6) is 5.75 Å². The predicted molar refractivity (Wildman–Crippen MR) is 83.5 cm³/mol. The molecular formula is C15H11ClN2O2S. The van der Waals surface area contributed by atoms with Gasteiger partial charge in [-0.25, -0.2) is 0 Å². The predicted octanol–water partition coefficient (Wildman–Crippen LogP) is 3.93. The molecule has 1 amide bonds. The molecule has 0 saturated carbocycles. The van der Waals surface area contributed by atoms with Crippen LogP contribution in [0.2, 0.25) is 5.02 Å². The minimum Gasteiger partial charge on any atom is -0.484 e. The number of nitrogens with one attached hydrogen (secondary N) is 1. The van der Waals surface area contributed by atoms with Crippen LogP contribution in [0.4, 0.5) is 5.69 Å². The second-order valence-electron chi connectivity index (χ2n) is 4.01. The molecule has 0 unspecified atom stereocenters. The molecule has 2 aromatic carbocycles. The van der Waals surface area contributed by atoms with Crippen LogP contribution in [-0.4, -0.2) is 12.5 Å². The Balaban J connectivity index is 1.84. The Morgan fingerprint density at radius 3 is 2.48 bits per heavy atom. The minimum atomic E-state index is -0.259. The number of nitrogens with zero attached hydrogens (tertiary/aromatic N) is 1. The molecule has 0 aliphatic rings. The molecule has 2 aromatic rings. The van der Waals surface area contributed by atoms with E-state index in [9.17, 15) is 4.79 Å². The molecular weight excluding hydrogens is 308 g/mol. The average Bonchev–Trinajstić information content (AvgIpc) is 2.49. The number of halogens is 1. The summed E-state index contributed by atoms with van der Waals surface area (Å²) >= 11 is 6.83. The Morgan fingerprint density at radius 2 is 1.86 bits per heavy atom. The van der Waals surface area contributed by atoms with Crippen molar-refractivity contribution in [1.29, 1.82) is 5.26 Å². The van der Waals surface area contributed by atoms with Crippen LogP contribution in [0.15, 0.2) is 53.4 Å². The van der Waals surface area contributed by atoms with Gasteiger partial charge in [-0.2, -0.15) is 5.26 Å². The van der Waals surface area contributed by atoms with Crippen LogP contribution in [0.3, 0.4) is 0 Å². The van der Waals surface area contributed by atoms with Crippen molar-refractivity contribution in [3.63, 3.8) is 0 Å². The first-order chi connectivity index (χ1) is 10.2. The van der Waals surface area contributed by atoms with Gasteiger partial charge in [0.15, 0.2) is 6.61 Å². The normalized spacial score (nSPS) is 9.71. The fourth-order valence-electron chi connectivity index (χ4n) is 1.54. The molecule has 0 aromatic heterocycles. The summed E-state index contributed by atoms with van der Waals surface area (Å²) in [7, 11) is 0. The Hall–Kier alpha value is -2.16. The quantitative estimate of drug-likeness (QED) is 0.670. The zero-order chi connectivity index (χ0) is 15.1. The van der Waals surface area contributed by atoms with Gasteiger partial charge in [-0.1, -0.05) is 11.6 Å². The summed E-state index contributed by atoms with van der Waals surface area (Å²) in [4.78, 5) is 12.6. The first-order valence-corrected chi connectivity index (χ1v) is 7.21. The molecule has 21 heavy (non-hydrogen) atoms. The molecule has 0 saturated heterocycles. The number of carbonyl (C=O) groups is 1. The Kier molecular flexibility index (Phi) is 5.50. The molecule has 0 bridgehead atoms. The molecule has 4 nitrogen and oxygen atoms in total. The smallest absolute Gasteiger partial charge is 0.262 e. The summed E-state index contributed by atoms with van der Waals surface area (Å²) in [5.41, 5.74) is 0.655. The molecule has 0 fully saturated rings. The molecule has 6 heteroatoms. The number of nitriles is 1. The Labute approximate surface area is 131 Å². The van der Waals surface area contributed by atoms with Crippen molar-refractivity contribution in [1.82, 2.24) is 0 Å². The summed E-state index contributed by atoms with van der Waals surface area (Å²) < 4.78 is 5.34. The van der Waals surface area contributed by atoms with Crippen molar-refractivity contribution in [2.24, 2.45) is 0 Å². The van der Waals surface area contributed by atoms with Gasteiger partial charge in [0.05, 0.1) is 0 Å². The van der Waals surface area contributed by atoms with Crippen molar-refractivity contribution < 1.29 is 9.53 Å². The number of ether oxygens (including phenoxy) is 1. The van der Waals surface area contributed by atoms with E-state index < -0.39 is 0 Å². The van der Waals surface area contributed by atoms with Crippen LogP contribution >= 0.6 is 23.4 Å². The van der Waals surface area contributed by atoms with E-state index in [1.807, 2.05) is 5.40 Å². The highest BCUT2D eigenvalue weighted by Crippen LogP contribution is 2.19. The molecule has 0 aliphatic carbocycles. The van der Waals surface area contributed by atoms with E-state index in [-0.39, 0.29) is 12.5 Å². The number of hydrogen-bond donors (Lipinski definition) is 1. The molecule has 0 aliphatic heterocycles. The number of anilines is 1. The van der Waals surface area contributed by atoms with E-state index in [2.05, 4.69) is 5.32 Å². The van der Waals surface area contributed by atoms with Gasteiger partial charge in [0.1, 0.15) is 11.2 Å². The average molecular weight is 319 g/mol. The first kappa shape index (κ1) is 15.2. The molecule has 106 valence electrons. The highest BCUT2D eigenvalue weighted by Gasteiger charge is 2.04. The fourth-order valence-corrected chi connectivity index (χ4v) is 2.04. The lowest BCUT2D eigenvalue weighted by Crippen LogP contribution is -2.20. The maximum atomic E-state index is 11.7. The van der Waals surface area contributed by atoms with E-state index in [4.69, 9.17) is 21.6 Å². The van der Waals surface area contributed by atoms with Crippen molar-refractivity contribution in [3.05, 3.63) is 53.6 Å². The minimum absolute atomic E-state index is 0.0870. The van der Waals surface area contributed by atoms with Gasteiger partial charge in [0, 0.05) is 15.6 Å². The van der Waals surface area contributed by atoms with E-state index in [0.717, 1.165) is 16.7 Å². The van der Waals surface area contributed by atoms with Gasteiger partial charge < -0.3 is 10.1 Å². The Morgan fingerprint density at radius 1 is 1.19 bits per heavy atom. The molecule has 0 spiro atoms. The highest BCUT2D eigenvalue weighted by molar-refractivity contribution is 8.03. The SMILES string of the molecule is N#CSc1ccc(NC(=O)COc2ccc(Cl)cc2)cc1. The molecule has 0 atom stereocenters. The maximum absolute atomic E-state index is 11.7. The second kappa shape index (κ2) is 7.58. The lowest BCUT2D eigenvalue weighted by atomic mass is 10.3. The molecule has 0 radical (unpaired) electrons. The van der Waals surface area contributed by atoms with Crippen molar-refractivity contribution >= 4 is 35.0 Å². The zero-order valence-electron chi connectivity index (χ0n) is 10.9. The number of amides is 1. The van der Waals surface area contributed by atoms with Crippen LogP contribution < -0.4 is 10.1 Å². The third-order valence-corrected chi connectivity index (χ3v) is 3.34. The summed E-state index contributed by atoms with van der Waals surface area (Å²) in [5.74, 6) is 0.320. The zero-order valence-corrected chi connectivity index (χ0v) is 12.4. The number of thiocyanates is 1. The van der Waals surface area contributed by atoms with Crippen molar-refractivity contribution in [2.45, 2.75) is 4.90 Å². The second-order valence-corrected chi connectivity index (χ2v) is 5.30. The lowest BCUT2D eigenvalue weighted by Gasteiger charge is -2.07. The van der Waals surface area contributed by atoms with Gasteiger partial charge in [-0.05, 0) is 60.3 Å². The largest absolute Gasteiger partial charge is 0.484 e. The van der Waals surface area contributed by atoms with Gasteiger partial charge >= 0.3 is 0 Å². The third-order valence-electron chi connectivity index (χ3n) is 2.49. The molecule has 0 heterocycles. The van der Waals surface area contributed by atoms with Gasteiger partial charge in [0.2, 0.25) is 0 Å². The number of benzene rings is 2. The Bertz CT molecular complexity index is 651. The van der Waals surface area contributed by atoms with Gasteiger partial charge in [-0.3, -0.25) is 4.79 Å². The van der Waals surface area contributed by atoms with E-state index in [0.29, 0.717) is 16.5 Å². The van der Waals surface area contributed by atoms with Crippen molar-refractivity contribution in [3.8, 4) is 11.2 Å². The first-order valence-electron chi connectivity index (χ1n) is 6.01. The summed E-state index contributed by atoms with van der Waals surface area (Å²) in [6.45, 7) is -0.0870. The van der Waals surface area contributed by atoms with E-state index in [1.165, 1.54) is 0 Å². The monoisotopic (exact) mass is 318 g/mol. The van der Waals surface area contributed by atoms with Crippen molar-refractivity contribution in [2.75, 3.05) is 11.9 Å². The number of thioether (sulfide) groups is 1. The number of rotatable bonds is 5. The lowest BCUT2D eigenvalue weighted by molar-refractivity contribution is -0.118. The third kappa shape index (κ3) is 5.03. The summed E-state index contributed by atoms with van der Waals surface area (Å²) in [6.07, 6.45) is 0. The van der Waals surface area contributed by atoms with Gasteiger partial charge in [0.25, 0.3) is 5.91 Å². The van der Waals surface area contributed by atoms with E-state index >= 15 is 0 Å². The number of hydrogen-bond acceptors (Lipinski definition) is 4. The van der Waals surface area contributed by atoms with E-state index in [1.54, 1.807) is 48.5 Å². The summed E-state index contributed by atoms with van der Waals surface area (Å²) in [6, 6.07) is 13.8. The maximum Gasteiger partial charge on any atom is 0.262 e. The van der Waals surface area contributed by atoms with Crippen LogP contribution in [0, 0.1) is 10.7 Å². The van der Waals surface area contributed by atoms with Crippen LogP contribution in [0.1, 0.15) is 0 Å². The standard InChI is InChI=1S/C15H11ClN2O2S/c16-11-1-5-13(6-2-11)20-9-15(19)18-12-3-7-14(8-4-12)21-10-17/h1-8H,9H2,(H,18,19). The number of carbonyl (C=O) groups excluding carboxylic acids is 1. The molecule has 2 rings (SSSR count).